The second-order valence-electron chi connectivity index (χ2n) is 6.80. The molecule has 0 spiro atoms. The zero-order valence-electron chi connectivity index (χ0n) is 16.6. The van der Waals surface area contributed by atoms with Gasteiger partial charge in [0, 0.05) is 24.7 Å². The maximum Gasteiger partial charge on any atom is 0.338 e. The standard InChI is InChI=1S/C22H20N2O6/c1-3-4-19(26)23-15-8-5-13(6-9-15)18(25)12-30-22(29)14-7-10-16-17(11-14)21(28)24(2)20(16)27/h5-11H,3-4,12H2,1-2H3,(H,23,26). The fourth-order valence-corrected chi connectivity index (χ4v) is 2.98. The second-order valence-corrected chi connectivity index (χ2v) is 6.80. The molecule has 0 aliphatic carbocycles. The van der Waals surface area contributed by atoms with Gasteiger partial charge in [-0.1, -0.05) is 6.92 Å². The van der Waals surface area contributed by atoms with Crippen LogP contribution >= 0.6 is 0 Å². The van der Waals surface area contributed by atoms with Gasteiger partial charge in [0.15, 0.2) is 12.4 Å². The highest BCUT2D eigenvalue weighted by atomic mass is 16.5. The first-order chi connectivity index (χ1) is 14.3. The molecule has 1 aliphatic rings. The molecular weight excluding hydrogens is 388 g/mol. The van der Waals surface area contributed by atoms with Crippen LogP contribution in [0, 0.1) is 0 Å². The number of esters is 1. The molecule has 1 heterocycles. The maximum absolute atomic E-state index is 12.3. The van der Waals surface area contributed by atoms with Gasteiger partial charge in [-0.15, -0.1) is 0 Å². The highest BCUT2D eigenvalue weighted by Gasteiger charge is 2.33. The van der Waals surface area contributed by atoms with E-state index in [9.17, 15) is 24.0 Å². The highest BCUT2D eigenvalue weighted by Crippen LogP contribution is 2.23. The Hall–Kier alpha value is -3.81. The summed E-state index contributed by atoms with van der Waals surface area (Å²) in [7, 11) is 1.36. The van der Waals surface area contributed by atoms with Crippen LogP contribution in [0.15, 0.2) is 42.5 Å². The van der Waals surface area contributed by atoms with Crippen molar-refractivity contribution in [1.29, 1.82) is 0 Å². The highest BCUT2D eigenvalue weighted by molar-refractivity contribution is 6.21. The molecule has 0 radical (unpaired) electrons. The number of amides is 3. The molecule has 0 atom stereocenters. The fourth-order valence-electron chi connectivity index (χ4n) is 2.98. The molecular formula is C22H20N2O6. The minimum absolute atomic E-state index is 0.0759. The van der Waals surface area contributed by atoms with Crippen LogP contribution in [0.3, 0.4) is 0 Å². The van der Waals surface area contributed by atoms with Gasteiger partial charge < -0.3 is 10.1 Å². The molecule has 0 saturated carbocycles. The van der Waals surface area contributed by atoms with Crippen LogP contribution in [-0.2, 0) is 9.53 Å². The van der Waals surface area contributed by atoms with Gasteiger partial charge in [0.25, 0.3) is 11.8 Å². The van der Waals surface area contributed by atoms with E-state index >= 15 is 0 Å². The Labute approximate surface area is 172 Å². The molecule has 0 fully saturated rings. The number of carbonyl (C=O) groups is 5. The van der Waals surface area contributed by atoms with Crippen molar-refractivity contribution in [2.45, 2.75) is 19.8 Å². The summed E-state index contributed by atoms with van der Waals surface area (Å²) in [5, 5.41) is 2.72. The van der Waals surface area contributed by atoms with Gasteiger partial charge in [-0.05, 0) is 48.9 Å². The Kier molecular flexibility index (Phi) is 6.06. The van der Waals surface area contributed by atoms with E-state index in [1.54, 1.807) is 12.1 Å². The first-order valence-corrected chi connectivity index (χ1v) is 9.38. The Balaban J connectivity index is 1.60. The maximum atomic E-state index is 12.3. The second kappa shape index (κ2) is 8.69. The van der Waals surface area contributed by atoms with E-state index in [0.29, 0.717) is 17.7 Å². The van der Waals surface area contributed by atoms with Gasteiger partial charge in [0.2, 0.25) is 5.91 Å². The van der Waals surface area contributed by atoms with Gasteiger partial charge in [0.05, 0.1) is 16.7 Å². The van der Waals surface area contributed by atoms with Gasteiger partial charge in [-0.25, -0.2) is 4.79 Å². The van der Waals surface area contributed by atoms with Crippen molar-refractivity contribution in [3.05, 3.63) is 64.7 Å². The van der Waals surface area contributed by atoms with Crippen LogP contribution in [0.1, 0.15) is 61.2 Å². The number of hydrogen-bond acceptors (Lipinski definition) is 6. The van der Waals surface area contributed by atoms with Crippen molar-refractivity contribution < 1.29 is 28.7 Å². The number of benzene rings is 2. The molecule has 1 aliphatic heterocycles. The number of ether oxygens (including phenoxy) is 1. The van der Waals surface area contributed by atoms with E-state index in [0.717, 1.165) is 11.3 Å². The molecule has 3 rings (SSSR count). The van der Waals surface area contributed by atoms with Gasteiger partial charge >= 0.3 is 5.97 Å². The summed E-state index contributed by atoms with van der Waals surface area (Å²) in [6, 6.07) is 10.3. The lowest BCUT2D eigenvalue weighted by molar-refractivity contribution is -0.116. The van der Waals surface area contributed by atoms with Gasteiger partial charge in [-0.3, -0.25) is 24.1 Å². The van der Waals surface area contributed by atoms with Crippen LogP contribution < -0.4 is 5.32 Å². The first kappa shape index (κ1) is 20.9. The number of ketones is 1. The van der Waals surface area contributed by atoms with Gasteiger partial charge in [-0.2, -0.15) is 0 Å². The normalized spacial score (nSPS) is 12.5. The summed E-state index contributed by atoms with van der Waals surface area (Å²) >= 11 is 0. The molecule has 0 unspecified atom stereocenters. The van der Waals surface area contributed by atoms with Gasteiger partial charge in [0.1, 0.15) is 0 Å². The Bertz CT molecular complexity index is 1040. The summed E-state index contributed by atoms with van der Waals surface area (Å²) in [5.41, 5.74) is 1.33. The lowest BCUT2D eigenvalue weighted by atomic mass is 10.1. The number of fused-ring (bicyclic) bond motifs is 1. The number of nitrogens with one attached hydrogen (secondary N) is 1. The fraction of sp³-hybridized carbons (Fsp3) is 0.227. The van der Waals surface area contributed by atoms with Crippen molar-refractivity contribution in [2.24, 2.45) is 0 Å². The number of rotatable bonds is 7. The van der Waals surface area contributed by atoms with Crippen molar-refractivity contribution >= 4 is 35.2 Å². The lowest BCUT2D eigenvalue weighted by Gasteiger charge is -2.07. The summed E-state index contributed by atoms with van der Waals surface area (Å²) in [5.74, 6) is -2.22. The molecule has 3 amide bonds. The molecule has 0 bridgehead atoms. The average molecular weight is 408 g/mol. The number of carbonyl (C=O) groups excluding carboxylic acids is 5. The number of hydrogen-bond donors (Lipinski definition) is 1. The van der Waals surface area contributed by atoms with Crippen molar-refractivity contribution in [3.8, 4) is 0 Å². The summed E-state index contributed by atoms with van der Waals surface area (Å²) in [6.07, 6.45) is 1.15. The van der Waals surface area contributed by atoms with Crippen LogP contribution in [-0.4, -0.2) is 48.0 Å². The molecule has 154 valence electrons. The van der Waals surface area contributed by atoms with Crippen molar-refractivity contribution in [1.82, 2.24) is 4.90 Å². The molecule has 0 aromatic heterocycles. The third-order valence-corrected chi connectivity index (χ3v) is 4.63. The molecule has 0 saturated heterocycles. The molecule has 8 heteroatoms. The van der Waals surface area contributed by atoms with Crippen LogP contribution in [0.25, 0.3) is 0 Å². The van der Waals surface area contributed by atoms with Crippen LogP contribution in [0.5, 0.6) is 0 Å². The third-order valence-electron chi connectivity index (χ3n) is 4.63. The smallest absolute Gasteiger partial charge is 0.338 e. The molecule has 1 N–H and O–H groups in total. The van der Waals surface area contributed by atoms with Crippen molar-refractivity contribution in [3.63, 3.8) is 0 Å². The number of imide groups is 1. The quantitative estimate of drug-likeness (QED) is 0.429. The molecule has 8 nitrogen and oxygen atoms in total. The number of anilines is 1. The lowest BCUT2D eigenvalue weighted by Crippen LogP contribution is -2.24. The van der Waals surface area contributed by atoms with E-state index in [2.05, 4.69) is 5.32 Å². The average Bonchev–Trinajstić information content (AvgIpc) is 2.96. The van der Waals surface area contributed by atoms with E-state index in [-0.39, 0.29) is 22.6 Å². The van der Waals surface area contributed by atoms with E-state index in [1.165, 1.54) is 37.4 Å². The van der Waals surface area contributed by atoms with Crippen LogP contribution in [0.4, 0.5) is 5.69 Å². The van der Waals surface area contributed by atoms with E-state index in [4.69, 9.17) is 4.74 Å². The number of nitrogens with zero attached hydrogens (tertiary/aromatic N) is 1. The predicted octanol–water partition coefficient (Wildman–Crippen LogP) is 2.69. The van der Waals surface area contributed by atoms with E-state index < -0.39 is 30.2 Å². The summed E-state index contributed by atoms with van der Waals surface area (Å²) in [6.45, 7) is 1.42. The van der Waals surface area contributed by atoms with E-state index in [1.807, 2.05) is 6.92 Å². The summed E-state index contributed by atoms with van der Waals surface area (Å²) < 4.78 is 5.05. The SMILES string of the molecule is CCCC(=O)Nc1ccc(C(=O)COC(=O)c2ccc3c(c2)C(=O)N(C)C3=O)cc1. The summed E-state index contributed by atoms with van der Waals surface area (Å²) in [4.78, 5) is 61.0. The largest absolute Gasteiger partial charge is 0.454 e. The zero-order chi connectivity index (χ0) is 21.8. The topological polar surface area (TPSA) is 110 Å². The van der Waals surface area contributed by atoms with Crippen molar-refractivity contribution in [2.75, 3.05) is 19.0 Å². The molecule has 2 aromatic rings. The predicted molar refractivity (Wildman–Crippen MR) is 107 cm³/mol. The Morgan fingerprint density at radius 2 is 1.57 bits per heavy atom. The number of Topliss-reactive ketones (excluding diaryl/α,β-unsaturated/α-hetero) is 1. The first-order valence-electron chi connectivity index (χ1n) is 9.38. The minimum Gasteiger partial charge on any atom is -0.454 e. The molecule has 30 heavy (non-hydrogen) atoms. The third kappa shape index (κ3) is 4.27. The zero-order valence-corrected chi connectivity index (χ0v) is 16.6. The molecule has 2 aromatic carbocycles. The Morgan fingerprint density at radius 3 is 2.23 bits per heavy atom. The van der Waals surface area contributed by atoms with Crippen LogP contribution in [0.2, 0.25) is 0 Å². The minimum atomic E-state index is -0.774. The Morgan fingerprint density at radius 1 is 0.933 bits per heavy atom. The monoisotopic (exact) mass is 408 g/mol.